The van der Waals surface area contributed by atoms with Gasteiger partial charge >= 0.3 is 11.7 Å². The molecular weight excluding hydrogens is 449 g/mol. The van der Waals surface area contributed by atoms with E-state index in [1.54, 1.807) is 0 Å². The second-order valence-electron chi connectivity index (χ2n) is 4.84. The van der Waals surface area contributed by atoms with Crippen LogP contribution in [0.5, 0.6) is 0 Å². The van der Waals surface area contributed by atoms with Crippen molar-refractivity contribution in [1.82, 2.24) is 9.78 Å². The molecule has 2 aromatic rings. The van der Waals surface area contributed by atoms with Gasteiger partial charge in [0.2, 0.25) is 0 Å². The van der Waals surface area contributed by atoms with Gasteiger partial charge in [0, 0.05) is 0 Å². The summed E-state index contributed by atoms with van der Waals surface area (Å²) in [5, 5.41) is 2.02. The van der Waals surface area contributed by atoms with Crippen LogP contribution in [0.3, 0.4) is 0 Å². The lowest BCUT2D eigenvalue weighted by molar-refractivity contribution is -0.137. The van der Waals surface area contributed by atoms with Gasteiger partial charge in [-0.3, -0.25) is 4.79 Å². The topological polar surface area (TPSA) is 104 Å². The minimum Gasteiger partial charge on any atom is -0.383 e. The van der Waals surface area contributed by atoms with E-state index in [4.69, 9.17) is 34.7 Å². The molecule has 27 heavy (non-hydrogen) atoms. The van der Waals surface area contributed by atoms with Crippen molar-refractivity contribution in [1.29, 1.82) is 0 Å². The number of hydrogen-bond donors (Lipinski definition) is 2. The number of nitrogens with zero attached hydrogens (tertiary/aromatic N) is 2. The van der Waals surface area contributed by atoms with E-state index in [0.717, 1.165) is 0 Å². The maximum Gasteiger partial charge on any atom is 0.476 e. The number of anilines is 1. The van der Waals surface area contributed by atoms with Crippen LogP contribution >= 0.6 is 23.2 Å². The van der Waals surface area contributed by atoms with Crippen molar-refractivity contribution in [2.24, 2.45) is 5.73 Å². The third-order valence-corrected chi connectivity index (χ3v) is 4.83. The number of benzene rings is 1. The maximum atomic E-state index is 12.8. The lowest BCUT2D eigenvalue weighted by atomic mass is 10.2. The zero-order valence-corrected chi connectivity index (χ0v) is 14.8. The fourth-order valence-electron chi connectivity index (χ4n) is 1.98. The van der Waals surface area contributed by atoms with Gasteiger partial charge in [-0.05, 0) is 12.1 Å². The number of carbonyl (C=O) groups excluding carboxylic acids is 1. The number of rotatable bonds is 3. The highest BCUT2D eigenvalue weighted by Gasteiger charge is 2.43. The third-order valence-electron chi connectivity index (χ3n) is 3.06. The fraction of sp³-hybridized carbons (Fsp3) is 0.167. The molecule has 0 aliphatic heterocycles. The Morgan fingerprint density at radius 2 is 1.59 bits per heavy atom. The van der Waals surface area contributed by atoms with Crippen LogP contribution in [0, 0.1) is 0 Å². The molecule has 1 amide bonds. The van der Waals surface area contributed by atoms with Gasteiger partial charge in [0.05, 0.1) is 15.6 Å². The number of hydrogen-bond acceptors (Lipinski definition) is 4. The zero-order chi connectivity index (χ0) is 20.9. The molecular formula is C12H6Cl2F6N4O2S. The second-order valence-corrected chi connectivity index (χ2v) is 7.06. The molecule has 0 unspecified atom stereocenters. The Labute approximate surface area is 158 Å². The summed E-state index contributed by atoms with van der Waals surface area (Å²) in [5.41, 5.74) is 2.19. The molecule has 0 spiro atoms. The number of aromatic nitrogens is 2. The van der Waals surface area contributed by atoms with E-state index in [0.29, 0.717) is 16.8 Å². The molecule has 0 fully saturated rings. The first-order valence-electron chi connectivity index (χ1n) is 6.39. The number of primary amides is 1. The lowest BCUT2D eigenvalue weighted by Gasteiger charge is -2.13. The predicted molar refractivity (Wildman–Crippen MR) is 84.0 cm³/mol. The smallest absolute Gasteiger partial charge is 0.383 e. The number of nitrogen functional groups attached to an aromatic ring is 1. The van der Waals surface area contributed by atoms with Gasteiger partial charge in [-0.25, -0.2) is 8.89 Å². The quantitative estimate of drug-likeness (QED) is 0.692. The van der Waals surface area contributed by atoms with Crippen LogP contribution in [0.15, 0.2) is 17.0 Å². The standard InChI is InChI=1S/C12H6Cl2F6N4O2S/c13-4-1-3(11(15,16)17)2-5(14)7(4)24-9(21)8(6(23-24)10(22)25)27(26)12(18,19)20/h1-2H,21H2,(H2,22,25)/t27-/m0/s1. The second kappa shape index (κ2) is 6.87. The number of alkyl halides is 6. The largest absolute Gasteiger partial charge is 0.476 e. The first-order chi connectivity index (χ1) is 12.2. The van der Waals surface area contributed by atoms with Crippen LogP contribution in [0.25, 0.3) is 5.69 Å². The molecule has 2 rings (SSSR count). The number of halogens is 8. The maximum absolute atomic E-state index is 12.8. The average molecular weight is 455 g/mol. The normalized spacial score (nSPS) is 13.6. The van der Waals surface area contributed by atoms with Crippen LogP contribution in [-0.2, 0) is 17.0 Å². The molecule has 0 bridgehead atoms. The van der Waals surface area contributed by atoms with E-state index in [2.05, 4.69) is 5.10 Å². The van der Waals surface area contributed by atoms with Crippen molar-refractivity contribution in [2.45, 2.75) is 16.6 Å². The fourth-order valence-corrected chi connectivity index (χ4v) is 3.45. The molecule has 1 atom stereocenters. The summed E-state index contributed by atoms with van der Waals surface area (Å²) in [5.74, 6) is -2.49. The molecule has 1 heterocycles. The van der Waals surface area contributed by atoms with Crippen molar-refractivity contribution in [2.75, 3.05) is 5.73 Å². The number of carbonyl (C=O) groups is 1. The molecule has 0 aliphatic rings. The Bertz CT molecular complexity index is 934. The Hall–Kier alpha value is -1.99. The summed E-state index contributed by atoms with van der Waals surface area (Å²) in [6.07, 6.45) is -4.82. The van der Waals surface area contributed by atoms with E-state index < -0.39 is 66.1 Å². The van der Waals surface area contributed by atoms with Gasteiger partial charge in [-0.2, -0.15) is 31.4 Å². The van der Waals surface area contributed by atoms with E-state index in [9.17, 15) is 35.3 Å². The van der Waals surface area contributed by atoms with E-state index in [1.807, 2.05) is 0 Å². The van der Waals surface area contributed by atoms with Gasteiger partial charge in [0.15, 0.2) is 16.5 Å². The monoisotopic (exact) mass is 454 g/mol. The molecule has 0 saturated carbocycles. The molecule has 148 valence electrons. The first kappa shape index (κ1) is 21.3. The van der Waals surface area contributed by atoms with Crippen molar-refractivity contribution in [3.05, 3.63) is 33.4 Å². The summed E-state index contributed by atoms with van der Waals surface area (Å²) >= 11 is 11.5. The zero-order valence-electron chi connectivity index (χ0n) is 12.5. The highest BCUT2D eigenvalue weighted by molar-refractivity contribution is 7.86. The van der Waals surface area contributed by atoms with E-state index >= 15 is 0 Å². The van der Waals surface area contributed by atoms with Gasteiger partial charge in [-0.15, -0.1) is 0 Å². The third kappa shape index (κ3) is 3.99. The van der Waals surface area contributed by atoms with E-state index in [-0.39, 0.29) is 0 Å². The molecule has 0 radical (unpaired) electrons. The van der Waals surface area contributed by atoms with Crippen LogP contribution < -0.4 is 11.5 Å². The summed E-state index contributed by atoms with van der Waals surface area (Å²) in [7, 11) is -3.80. The highest BCUT2D eigenvalue weighted by atomic mass is 35.5. The highest BCUT2D eigenvalue weighted by Crippen LogP contribution is 2.40. The molecule has 15 heteroatoms. The van der Waals surface area contributed by atoms with Gasteiger partial charge in [0.1, 0.15) is 16.4 Å². The molecule has 6 nitrogen and oxygen atoms in total. The summed E-state index contributed by atoms with van der Waals surface area (Å²) < 4.78 is 88.7. The van der Waals surface area contributed by atoms with Crippen LogP contribution in [0.1, 0.15) is 16.1 Å². The predicted octanol–water partition coefficient (Wildman–Crippen LogP) is 3.51. The van der Waals surface area contributed by atoms with Gasteiger partial charge in [0.25, 0.3) is 5.91 Å². The Morgan fingerprint density at radius 3 is 1.96 bits per heavy atom. The Kier molecular flexibility index (Phi) is 5.42. The Morgan fingerprint density at radius 1 is 1.11 bits per heavy atom. The van der Waals surface area contributed by atoms with Crippen LogP contribution in [0.4, 0.5) is 32.2 Å². The van der Waals surface area contributed by atoms with Crippen molar-refractivity contribution >= 4 is 45.7 Å². The number of nitrogens with two attached hydrogens (primary N) is 2. The molecule has 1 aromatic heterocycles. The molecule has 1 aromatic carbocycles. The summed E-state index contributed by atoms with van der Waals surface area (Å²) in [4.78, 5) is 10.1. The average Bonchev–Trinajstić information content (AvgIpc) is 2.81. The molecule has 0 aliphatic carbocycles. The minimum absolute atomic E-state index is 0.365. The van der Waals surface area contributed by atoms with Crippen molar-refractivity contribution in [3.63, 3.8) is 0 Å². The summed E-state index contributed by atoms with van der Waals surface area (Å²) in [6.45, 7) is 0. The van der Waals surface area contributed by atoms with Crippen LogP contribution in [-0.4, -0.2) is 25.4 Å². The minimum atomic E-state index is -5.32. The van der Waals surface area contributed by atoms with Crippen LogP contribution in [0.2, 0.25) is 10.0 Å². The first-order valence-corrected chi connectivity index (χ1v) is 8.30. The van der Waals surface area contributed by atoms with Gasteiger partial charge < -0.3 is 11.5 Å². The van der Waals surface area contributed by atoms with Crippen molar-refractivity contribution < 1.29 is 35.3 Å². The van der Waals surface area contributed by atoms with E-state index in [1.165, 1.54) is 0 Å². The number of amides is 1. The SMILES string of the molecule is NC(=O)c1nn(-c2c(Cl)cc(C(F)(F)F)cc2Cl)c(N)c1[S@](=O)C(F)(F)F. The lowest BCUT2D eigenvalue weighted by Crippen LogP contribution is -2.21. The van der Waals surface area contributed by atoms with Crippen molar-refractivity contribution in [3.8, 4) is 5.69 Å². The summed E-state index contributed by atoms with van der Waals surface area (Å²) in [6, 6.07) is 0.850. The van der Waals surface area contributed by atoms with Gasteiger partial charge in [-0.1, -0.05) is 23.2 Å². The Balaban J connectivity index is 2.79. The molecule has 0 saturated heterocycles. The molecule has 4 N–H and O–H groups in total.